The summed E-state index contributed by atoms with van der Waals surface area (Å²) in [5.41, 5.74) is 0.154. The highest BCUT2D eigenvalue weighted by Gasteiger charge is 2.21. The molecule has 0 bridgehead atoms. The minimum atomic E-state index is -0.541. The van der Waals surface area contributed by atoms with E-state index in [-0.39, 0.29) is 10.7 Å². The second-order valence-electron chi connectivity index (χ2n) is 2.77. The third-order valence-corrected chi connectivity index (χ3v) is 2.18. The lowest BCUT2D eigenvalue weighted by molar-refractivity contribution is -0.384. The van der Waals surface area contributed by atoms with Crippen molar-refractivity contribution >= 4 is 17.3 Å². The molecular formula is C9H5ClN2O3. The molecule has 15 heavy (non-hydrogen) atoms. The lowest BCUT2D eigenvalue weighted by Crippen LogP contribution is -1.92. The molecule has 76 valence electrons. The monoisotopic (exact) mass is 224 g/mol. The molecule has 0 unspecified atom stereocenters. The van der Waals surface area contributed by atoms with E-state index in [0.29, 0.717) is 11.3 Å². The van der Waals surface area contributed by atoms with E-state index in [0.717, 1.165) is 0 Å². The lowest BCUT2D eigenvalue weighted by Gasteiger charge is -1.99. The van der Waals surface area contributed by atoms with Crippen LogP contribution in [0, 0.1) is 10.1 Å². The van der Waals surface area contributed by atoms with Gasteiger partial charge in [-0.1, -0.05) is 22.8 Å². The number of halogens is 1. The van der Waals surface area contributed by atoms with Crippen molar-refractivity contribution in [2.45, 2.75) is 0 Å². The molecule has 0 aliphatic heterocycles. The number of nitro benzene ring substituents is 1. The smallest absolute Gasteiger partial charge is 0.298 e. The number of hydrogen-bond donors (Lipinski definition) is 0. The van der Waals surface area contributed by atoms with E-state index in [1.54, 1.807) is 18.2 Å². The Morgan fingerprint density at radius 3 is 2.80 bits per heavy atom. The summed E-state index contributed by atoms with van der Waals surface area (Å²) in [5.74, 6) is 0.323. The number of nitro groups is 1. The Balaban J connectivity index is 2.66. The van der Waals surface area contributed by atoms with Crippen molar-refractivity contribution in [3.05, 3.63) is 45.6 Å². The van der Waals surface area contributed by atoms with Crippen molar-refractivity contribution in [2.75, 3.05) is 0 Å². The summed E-state index contributed by atoms with van der Waals surface area (Å²) in [4.78, 5) is 10.3. The van der Waals surface area contributed by atoms with E-state index in [4.69, 9.17) is 16.1 Å². The predicted molar refractivity (Wildman–Crippen MR) is 53.6 cm³/mol. The first kappa shape index (κ1) is 9.67. The minimum absolute atomic E-state index is 0.0777. The van der Waals surface area contributed by atoms with Gasteiger partial charge in [0.05, 0.1) is 16.7 Å². The maximum atomic E-state index is 10.8. The zero-order valence-corrected chi connectivity index (χ0v) is 8.14. The number of rotatable bonds is 2. The van der Waals surface area contributed by atoms with Crippen LogP contribution in [0.5, 0.6) is 0 Å². The Hall–Kier alpha value is -1.88. The van der Waals surface area contributed by atoms with Gasteiger partial charge in [0.1, 0.15) is 5.02 Å². The largest absolute Gasteiger partial charge is 0.356 e. The lowest BCUT2D eigenvalue weighted by atomic mass is 10.1. The molecule has 0 amide bonds. The van der Waals surface area contributed by atoms with Gasteiger partial charge in [-0.3, -0.25) is 10.1 Å². The van der Waals surface area contributed by atoms with Gasteiger partial charge in [0.15, 0.2) is 5.76 Å². The van der Waals surface area contributed by atoms with Gasteiger partial charge in [0, 0.05) is 6.07 Å². The molecule has 2 rings (SSSR count). The molecule has 5 nitrogen and oxygen atoms in total. The molecule has 0 radical (unpaired) electrons. The molecule has 1 aromatic carbocycles. The van der Waals surface area contributed by atoms with Crippen molar-refractivity contribution in [1.82, 2.24) is 5.16 Å². The standard InChI is InChI=1S/C9H5ClN2O3/c10-7-3-1-2-6(9(7)12(13)14)8-4-5-11-15-8/h1-5H. The Morgan fingerprint density at radius 2 is 2.20 bits per heavy atom. The normalized spacial score (nSPS) is 10.2. The fourth-order valence-corrected chi connectivity index (χ4v) is 1.50. The first-order valence-electron chi connectivity index (χ1n) is 4.04. The van der Waals surface area contributed by atoms with Crippen LogP contribution in [0.2, 0.25) is 5.02 Å². The van der Waals surface area contributed by atoms with Crippen molar-refractivity contribution in [3.8, 4) is 11.3 Å². The van der Waals surface area contributed by atoms with Gasteiger partial charge in [0.25, 0.3) is 5.69 Å². The third-order valence-electron chi connectivity index (χ3n) is 1.87. The summed E-state index contributed by atoms with van der Waals surface area (Å²) in [6, 6.07) is 6.18. The first-order chi connectivity index (χ1) is 7.20. The SMILES string of the molecule is O=[N+]([O-])c1c(Cl)cccc1-c1ccno1. The third kappa shape index (κ3) is 1.69. The second kappa shape index (κ2) is 3.70. The van der Waals surface area contributed by atoms with Crippen LogP contribution in [0.25, 0.3) is 11.3 Å². The summed E-state index contributed by atoms with van der Waals surface area (Å²) < 4.78 is 4.85. The molecular weight excluding hydrogens is 220 g/mol. The highest BCUT2D eigenvalue weighted by molar-refractivity contribution is 6.33. The fourth-order valence-electron chi connectivity index (χ4n) is 1.25. The van der Waals surface area contributed by atoms with E-state index in [2.05, 4.69) is 5.16 Å². The zero-order valence-electron chi connectivity index (χ0n) is 7.38. The molecule has 2 aromatic rings. The minimum Gasteiger partial charge on any atom is -0.356 e. The highest BCUT2D eigenvalue weighted by atomic mass is 35.5. The predicted octanol–water partition coefficient (Wildman–Crippen LogP) is 2.90. The van der Waals surface area contributed by atoms with E-state index >= 15 is 0 Å². The van der Waals surface area contributed by atoms with Gasteiger partial charge in [-0.2, -0.15) is 0 Å². The van der Waals surface area contributed by atoms with Crippen LogP contribution in [-0.2, 0) is 0 Å². The molecule has 0 N–H and O–H groups in total. The molecule has 0 aliphatic carbocycles. The van der Waals surface area contributed by atoms with Gasteiger partial charge in [0.2, 0.25) is 0 Å². The summed E-state index contributed by atoms with van der Waals surface area (Å²) in [6.45, 7) is 0. The van der Waals surface area contributed by atoms with Crippen molar-refractivity contribution in [2.24, 2.45) is 0 Å². The van der Waals surface area contributed by atoms with Crippen LogP contribution >= 0.6 is 11.6 Å². The van der Waals surface area contributed by atoms with Crippen LogP contribution in [0.15, 0.2) is 35.0 Å². The van der Waals surface area contributed by atoms with Crippen molar-refractivity contribution < 1.29 is 9.45 Å². The second-order valence-corrected chi connectivity index (χ2v) is 3.18. The molecule has 0 fully saturated rings. The fraction of sp³-hybridized carbons (Fsp3) is 0. The van der Waals surface area contributed by atoms with E-state index < -0.39 is 4.92 Å². The summed E-state index contributed by atoms with van der Waals surface area (Å²) in [5, 5.41) is 14.4. The Bertz CT molecular complexity index is 496. The van der Waals surface area contributed by atoms with Gasteiger partial charge in [-0.15, -0.1) is 0 Å². The number of para-hydroxylation sites is 1. The van der Waals surface area contributed by atoms with Crippen LogP contribution in [0.1, 0.15) is 0 Å². The summed E-state index contributed by atoms with van der Waals surface area (Å²) >= 11 is 5.74. The first-order valence-corrected chi connectivity index (χ1v) is 4.42. The molecule has 6 heteroatoms. The van der Waals surface area contributed by atoms with Crippen LogP contribution < -0.4 is 0 Å². The molecule has 1 heterocycles. The average Bonchev–Trinajstić information content (AvgIpc) is 2.69. The zero-order chi connectivity index (χ0) is 10.8. The summed E-state index contributed by atoms with van der Waals surface area (Å²) in [7, 11) is 0. The number of hydrogen-bond acceptors (Lipinski definition) is 4. The molecule has 0 saturated heterocycles. The van der Waals surface area contributed by atoms with Crippen molar-refractivity contribution in [3.63, 3.8) is 0 Å². The van der Waals surface area contributed by atoms with Crippen LogP contribution in [-0.4, -0.2) is 10.1 Å². The molecule has 0 saturated carbocycles. The number of aromatic nitrogens is 1. The van der Waals surface area contributed by atoms with Gasteiger partial charge >= 0.3 is 0 Å². The Labute approximate surface area is 89.4 Å². The topological polar surface area (TPSA) is 69.2 Å². The van der Waals surface area contributed by atoms with Gasteiger partial charge in [-0.05, 0) is 12.1 Å². The van der Waals surface area contributed by atoms with E-state index in [1.165, 1.54) is 12.3 Å². The van der Waals surface area contributed by atoms with Gasteiger partial charge in [-0.25, -0.2) is 0 Å². The quantitative estimate of drug-likeness (QED) is 0.581. The van der Waals surface area contributed by atoms with E-state index in [1.807, 2.05) is 0 Å². The molecule has 1 aromatic heterocycles. The Kier molecular flexibility index (Phi) is 2.39. The van der Waals surface area contributed by atoms with Crippen LogP contribution in [0.3, 0.4) is 0 Å². The molecule has 0 aliphatic rings. The number of nitrogens with zero attached hydrogens (tertiary/aromatic N) is 2. The molecule has 0 atom stereocenters. The number of benzene rings is 1. The average molecular weight is 225 g/mol. The van der Waals surface area contributed by atoms with E-state index in [9.17, 15) is 10.1 Å². The maximum Gasteiger partial charge on any atom is 0.298 e. The van der Waals surface area contributed by atoms with Gasteiger partial charge < -0.3 is 4.52 Å². The van der Waals surface area contributed by atoms with Crippen molar-refractivity contribution in [1.29, 1.82) is 0 Å². The summed E-state index contributed by atoms with van der Waals surface area (Å²) in [6.07, 6.45) is 1.42. The Morgan fingerprint density at radius 1 is 1.40 bits per heavy atom. The molecule has 0 spiro atoms. The van der Waals surface area contributed by atoms with Crippen LogP contribution in [0.4, 0.5) is 5.69 Å². The highest BCUT2D eigenvalue weighted by Crippen LogP contribution is 2.35. The maximum absolute atomic E-state index is 10.8.